The lowest BCUT2D eigenvalue weighted by atomic mass is 10.1. The number of nitrogen functional groups attached to an aromatic ring is 2. The highest BCUT2D eigenvalue weighted by molar-refractivity contribution is 7.66. The predicted molar refractivity (Wildman–Crippen MR) is 170 cm³/mol. The van der Waals surface area contributed by atoms with Crippen LogP contribution in [0.25, 0.3) is 11.2 Å². The Kier molecular flexibility index (Phi) is 10.6. The van der Waals surface area contributed by atoms with E-state index in [2.05, 4.69) is 42.6 Å². The van der Waals surface area contributed by atoms with Gasteiger partial charge in [0.05, 0.1) is 13.0 Å². The van der Waals surface area contributed by atoms with Gasteiger partial charge in [-0.05, 0) is 0 Å². The topological polar surface area (TPSA) is 456 Å². The fraction of sp³-hybridized carbons (Fsp3) is 0.571. The van der Waals surface area contributed by atoms with Crippen molar-refractivity contribution in [1.82, 2.24) is 29.5 Å². The van der Waals surface area contributed by atoms with Gasteiger partial charge < -0.3 is 76.1 Å². The van der Waals surface area contributed by atoms with Crippen LogP contribution in [0.3, 0.4) is 0 Å². The van der Waals surface area contributed by atoms with Crippen molar-refractivity contribution >= 4 is 58.0 Å². The standard InChI is InChI=1S/C21H31N10O20P3/c1-29-3-31(13-5(29)15(37)28-21(23)26-13)17-9(35)7(33)11(47-17)19(39)49-53(42,43)51-54(44,45)50-52(40,41)48-18(38)10-6(32)8(34)16(46-10)30-2-24-4-12(30)25-20(22)27-14(4)36/h2,6-11,16-19,32-35,38-39H,3H2,1H3,(H,40,41)(H,42,43)(H,44,45)(H3,22,25,27,36)(H3,23,26,28,37)/t6-,7-,8+,9+,10-,11-,16+,17+,18?,19?/m0/s1. The maximum Gasteiger partial charge on any atom is 0.490 e. The number of aromatic amines is 2. The maximum atomic E-state index is 12.6. The van der Waals surface area contributed by atoms with Crippen molar-refractivity contribution in [3.63, 3.8) is 0 Å². The molecule has 0 saturated carbocycles. The van der Waals surface area contributed by atoms with E-state index in [4.69, 9.17) is 20.9 Å². The number of ether oxygens (including phenoxy) is 2. The number of nitrogens with one attached hydrogen (secondary N) is 2. The third-order valence-electron chi connectivity index (χ3n) is 7.95. The Balaban J connectivity index is 1.07. The highest BCUT2D eigenvalue weighted by atomic mass is 31.3. The molecule has 0 spiro atoms. The minimum Gasteiger partial charge on any atom is -0.387 e. The molecule has 0 radical (unpaired) electrons. The number of nitrogens with zero attached hydrogens (tertiary/aromatic N) is 6. The predicted octanol–water partition coefficient (Wildman–Crippen LogP) is -5.65. The van der Waals surface area contributed by atoms with Gasteiger partial charge in [0.2, 0.25) is 11.9 Å². The van der Waals surface area contributed by atoms with Crippen molar-refractivity contribution in [2.24, 2.45) is 0 Å². The van der Waals surface area contributed by atoms with Gasteiger partial charge in [-0.15, -0.1) is 0 Å². The van der Waals surface area contributed by atoms with Gasteiger partial charge in [0.15, 0.2) is 42.0 Å². The summed E-state index contributed by atoms with van der Waals surface area (Å²) in [5.74, 6) is -0.811. The number of anilines is 4. The minimum absolute atomic E-state index is 0.0151. The number of rotatable bonds is 12. The summed E-state index contributed by atoms with van der Waals surface area (Å²) in [5, 5.41) is 63.0. The number of nitrogens with two attached hydrogens (primary N) is 2. The summed E-state index contributed by atoms with van der Waals surface area (Å²) in [6.07, 6.45) is -20.2. The van der Waals surface area contributed by atoms with Gasteiger partial charge in [0, 0.05) is 7.05 Å². The van der Waals surface area contributed by atoms with Crippen molar-refractivity contribution in [1.29, 1.82) is 0 Å². The van der Waals surface area contributed by atoms with Crippen molar-refractivity contribution < 1.29 is 86.2 Å². The van der Waals surface area contributed by atoms with E-state index in [0.717, 1.165) is 15.8 Å². The first-order valence-electron chi connectivity index (χ1n) is 14.8. The molecule has 3 aromatic rings. The number of H-pyrrole nitrogens is 2. The number of hydrogen-bond donors (Lipinski definition) is 13. The second-order valence-corrected chi connectivity index (χ2v) is 16.3. The summed E-state index contributed by atoms with van der Waals surface area (Å²) in [7, 11) is -16.9. The van der Waals surface area contributed by atoms with Crippen LogP contribution in [-0.2, 0) is 40.8 Å². The van der Waals surface area contributed by atoms with Crippen molar-refractivity contribution in [2.75, 3.05) is 35.0 Å². The minimum atomic E-state index is -6.27. The van der Waals surface area contributed by atoms with E-state index in [-0.39, 0.29) is 41.2 Å². The highest BCUT2D eigenvalue weighted by Crippen LogP contribution is 2.68. The average molecular weight is 836 g/mol. The van der Waals surface area contributed by atoms with Crippen LogP contribution < -0.4 is 32.4 Å². The van der Waals surface area contributed by atoms with Crippen molar-refractivity contribution in [3.05, 3.63) is 27.0 Å². The Morgan fingerprint density at radius 2 is 1.31 bits per heavy atom. The number of phosphoric ester groups is 2. The van der Waals surface area contributed by atoms with E-state index < -0.39 is 96.2 Å². The summed E-state index contributed by atoms with van der Waals surface area (Å²) < 4.78 is 65.7. The van der Waals surface area contributed by atoms with Crippen LogP contribution in [0, 0.1) is 0 Å². The molecule has 0 amide bonds. The fourth-order valence-corrected chi connectivity index (χ4v) is 9.32. The molecule has 5 unspecified atom stereocenters. The van der Waals surface area contributed by atoms with Gasteiger partial charge in [-0.25, -0.2) is 18.7 Å². The number of hydrogen-bond acceptors (Lipinski definition) is 24. The molecule has 2 fully saturated rings. The number of phosphoric acid groups is 3. The van der Waals surface area contributed by atoms with Crippen LogP contribution in [0.4, 0.5) is 23.4 Å². The van der Waals surface area contributed by atoms with E-state index in [9.17, 15) is 68.6 Å². The van der Waals surface area contributed by atoms with Crippen LogP contribution in [0.5, 0.6) is 0 Å². The Morgan fingerprint density at radius 3 is 1.89 bits per heavy atom. The normalized spacial score (nSPS) is 31.6. The molecule has 2 saturated heterocycles. The third-order valence-corrected chi connectivity index (χ3v) is 12.2. The number of aliphatic hydroxyl groups is 6. The van der Waals surface area contributed by atoms with E-state index in [1.165, 1.54) is 11.9 Å². The van der Waals surface area contributed by atoms with Gasteiger partial charge in [-0.3, -0.25) is 33.2 Å². The van der Waals surface area contributed by atoms with Crippen molar-refractivity contribution in [2.45, 2.75) is 61.7 Å². The maximum absolute atomic E-state index is 12.6. The Bertz CT molecular complexity index is 2190. The summed E-state index contributed by atoms with van der Waals surface area (Å²) in [6.45, 7) is -0.179. The molecule has 300 valence electrons. The van der Waals surface area contributed by atoms with E-state index in [1.807, 2.05) is 0 Å². The van der Waals surface area contributed by atoms with E-state index in [0.29, 0.717) is 0 Å². The molecule has 15 N–H and O–H groups in total. The molecule has 3 aromatic heterocycles. The molecule has 3 aliphatic rings. The smallest absolute Gasteiger partial charge is 0.387 e. The Hall–Kier alpha value is -3.48. The first-order valence-corrected chi connectivity index (χ1v) is 19.2. The van der Waals surface area contributed by atoms with Gasteiger partial charge in [0.25, 0.3) is 11.1 Å². The van der Waals surface area contributed by atoms with Crippen LogP contribution in [0.1, 0.15) is 6.23 Å². The lowest BCUT2D eigenvalue weighted by Crippen LogP contribution is -2.45. The van der Waals surface area contributed by atoms with Gasteiger partial charge >= 0.3 is 23.5 Å². The van der Waals surface area contributed by atoms with Crippen LogP contribution in [-0.4, -0.2) is 144 Å². The van der Waals surface area contributed by atoms with E-state index in [1.54, 1.807) is 0 Å². The molecule has 0 bridgehead atoms. The molecule has 3 aliphatic heterocycles. The summed E-state index contributed by atoms with van der Waals surface area (Å²) in [5.41, 5.74) is 9.11. The lowest BCUT2D eigenvalue weighted by Gasteiger charge is -2.28. The molecule has 0 aliphatic carbocycles. The fourth-order valence-electron chi connectivity index (χ4n) is 5.75. The highest BCUT2D eigenvalue weighted by Gasteiger charge is 2.54. The summed E-state index contributed by atoms with van der Waals surface area (Å²) >= 11 is 0. The molecule has 30 nitrogen and oxygen atoms in total. The monoisotopic (exact) mass is 836 g/mol. The molecule has 13 atom stereocenters. The largest absolute Gasteiger partial charge is 0.490 e. The zero-order valence-electron chi connectivity index (χ0n) is 26.8. The average Bonchev–Trinajstić information content (AvgIpc) is 3.75. The first kappa shape index (κ1) is 40.2. The molecular weight excluding hydrogens is 805 g/mol. The van der Waals surface area contributed by atoms with Crippen LogP contribution in [0.2, 0.25) is 0 Å². The molecule has 0 aromatic carbocycles. The quantitative estimate of drug-likeness (QED) is 0.0597. The van der Waals surface area contributed by atoms with Gasteiger partial charge in [-0.1, -0.05) is 0 Å². The number of aromatic nitrogens is 6. The molecule has 54 heavy (non-hydrogen) atoms. The number of imidazole rings is 1. The number of aliphatic hydroxyl groups excluding tert-OH is 6. The second-order valence-electron chi connectivity index (χ2n) is 11.7. The van der Waals surface area contributed by atoms with Crippen molar-refractivity contribution in [3.8, 4) is 0 Å². The Morgan fingerprint density at radius 1 is 0.815 bits per heavy atom. The summed E-state index contributed by atoms with van der Waals surface area (Å²) in [4.78, 5) is 73.0. The molecule has 33 heteroatoms. The van der Waals surface area contributed by atoms with Gasteiger partial charge in [0.1, 0.15) is 42.3 Å². The van der Waals surface area contributed by atoms with Crippen LogP contribution in [0.15, 0.2) is 15.9 Å². The summed E-state index contributed by atoms with van der Waals surface area (Å²) in [6, 6.07) is 0. The number of fused-ring (bicyclic) bond motifs is 2. The molecule has 6 heterocycles. The second kappa shape index (κ2) is 14.2. The lowest BCUT2D eigenvalue weighted by molar-refractivity contribution is -0.160. The zero-order valence-corrected chi connectivity index (χ0v) is 29.4. The van der Waals surface area contributed by atoms with Crippen LogP contribution >= 0.6 is 23.5 Å². The molecule has 6 rings (SSSR count). The Labute approximate surface area is 297 Å². The third kappa shape index (κ3) is 7.67. The van der Waals surface area contributed by atoms with E-state index >= 15 is 0 Å². The zero-order chi connectivity index (χ0) is 39.8. The molecular formula is C21H31N10O20P3. The first-order chi connectivity index (χ1) is 25.0. The van der Waals surface area contributed by atoms with Gasteiger partial charge in [-0.2, -0.15) is 18.6 Å². The SMILES string of the molecule is CN1CN([C@@H]2O[C@H](C(O)OP(=O)(O)OP(=O)(O)OP(=O)(O)OC(O)[C@H]3O[C@@H](n4cnc5c(=O)[nH]c(N)nc54)[C@H](O)[C@@H]3O)[C@@H](O)[C@H]2O)c2nc(N)[nH]c(=O)c21.